The van der Waals surface area contributed by atoms with Crippen LogP contribution in [0.25, 0.3) is 0 Å². The summed E-state index contributed by atoms with van der Waals surface area (Å²) in [5.41, 5.74) is 1.94. The van der Waals surface area contributed by atoms with Gasteiger partial charge in [0.2, 0.25) is 5.91 Å². The lowest BCUT2D eigenvalue weighted by molar-refractivity contribution is -0.142. The van der Waals surface area contributed by atoms with Crippen LogP contribution < -0.4 is 5.32 Å². The quantitative estimate of drug-likeness (QED) is 0.378. The van der Waals surface area contributed by atoms with Crippen LogP contribution in [0, 0.1) is 28.1 Å². The molecule has 0 unspecified atom stereocenters. The third kappa shape index (κ3) is 3.85. The molecule has 0 aromatic heterocycles. The van der Waals surface area contributed by atoms with Crippen molar-refractivity contribution >= 4 is 5.91 Å². The highest BCUT2D eigenvalue weighted by molar-refractivity contribution is 5.83. The van der Waals surface area contributed by atoms with E-state index >= 15 is 0 Å². The van der Waals surface area contributed by atoms with E-state index in [4.69, 9.17) is 0 Å². The summed E-state index contributed by atoms with van der Waals surface area (Å²) in [5.74, 6) is 1.50. The highest BCUT2D eigenvalue weighted by atomic mass is 16.2. The first-order valence-electron chi connectivity index (χ1n) is 11.9. The molecular weight excluding hydrogens is 342 g/mol. The van der Waals surface area contributed by atoms with Gasteiger partial charge in [-0.15, -0.1) is 6.58 Å². The summed E-state index contributed by atoms with van der Waals surface area (Å²) in [6.07, 6.45) is 17.9. The van der Waals surface area contributed by atoms with Crippen LogP contribution in [0.3, 0.4) is 0 Å². The Morgan fingerprint density at radius 3 is 2.71 bits per heavy atom. The predicted molar refractivity (Wildman–Crippen MR) is 119 cm³/mol. The Hall–Kier alpha value is -1.05. The van der Waals surface area contributed by atoms with Crippen LogP contribution in [0.2, 0.25) is 0 Å². The monoisotopic (exact) mass is 385 g/mol. The molecule has 3 aliphatic rings. The van der Waals surface area contributed by atoms with Gasteiger partial charge in [-0.05, 0) is 67.6 Å². The van der Waals surface area contributed by atoms with E-state index in [1.807, 2.05) is 0 Å². The molecule has 28 heavy (non-hydrogen) atoms. The van der Waals surface area contributed by atoms with Crippen LogP contribution in [-0.2, 0) is 4.79 Å². The summed E-state index contributed by atoms with van der Waals surface area (Å²) in [7, 11) is 0. The minimum Gasteiger partial charge on any atom is -0.356 e. The Morgan fingerprint density at radius 1 is 1.21 bits per heavy atom. The Kier molecular flexibility index (Phi) is 6.47. The van der Waals surface area contributed by atoms with Crippen LogP contribution in [0.1, 0.15) is 98.3 Å². The average Bonchev–Trinajstić information content (AvgIpc) is 2.67. The highest BCUT2D eigenvalue weighted by Crippen LogP contribution is 2.63. The van der Waals surface area contributed by atoms with Gasteiger partial charge in [-0.25, -0.2) is 0 Å². The Bertz CT molecular complexity index is 622. The highest BCUT2D eigenvalue weighted by Gasteiger charge is 2.57. The molecule has 0 saturated heterocycles. The molecule has 1 amide bonds. The van der Waals surface area contributed by atoms with Gasteiger partial charge in [0.05, 0.1) is 0 Å². The maximum atomic E-state index is 13.3. The van der Waals surface area contributed by atoms with Crippen molar-refractivity contribution in [2.75, 3.05) is 6.54 Å². The number of hydrogen-bond donors (Lipinski definition) is 1. The molecule has 0 spiro atoms. The van der Waals surface area contributed by atoms with Crippen molar-refractivity contribution in [2.24, 2.45) is 28.1 Å². The second-order valence-corrected chi connectivity index (χ2v) is 10.8. The number of amides is 1. The lowest BCUT2D eigenvalue weighted by Gasteiger charge is -2.58. The number of unbranched alkanes of at least 4 members (excludes halogenated alkanes) is 3. The summed E-state index contributed by atoms with van der Waals surface area (Å²) in [4.78, 5) is 13.3. The SMILES string of the molecule is C=C[C@@]1(C)CC=C2[C@@H](CC[C@@H]3[C@](C)(C(=O)NCCCCCC)CCC[C@@]23C)C1. The van der Waals surface area contributed by atoms with Gasteiger partial charge >= 0.3 is 0 Å². The molecule has 0 heterocycles. The van der Waals surface area contributed by atoms with Gasteiger partial charge in [0.15, 0.2) is 0 Å². The number of carbonyl (C=O) groups is 1. The molecule has 0 aromatic rings. The van der Waals surface area contributed by atoms with E-state index in [0.717, 1.165) is 25.8 Å². The predicted octanol–water partition coefficient (Wildman–Crippen LogP) is 6.82. The first-order chi connectivity index (χ1) is 13.3. The average molecular weight is 386 g/mol. The molecule has 5 atom stereocenters. The number of allylic oxidation sites excluding steroid dienone is 3. The summed E-state index contributed by atoms with van der Waals surface area (Å²) >= 11 is 0. The number of carbonyl (C=O) groups excluding carboxylic acids is 1. The number of fused-ring (bicyclic) bond motifs is 3. The lowest BCUT2D eigenvalue weighted by Crippen LogP contribution is -2.55. The van der Waals surface area contributed by atoms with Crippen LogP contribution in [0.4, 0.5) is 0 Å². The smallest absolute Gasteiger partial charge is 0.226 e. The molecule has 3 aliphatic carbocycles. The second-order valence-electron chi connectivity index (χ2n) is 10.8. The Morgan fingerprint density at radius 2 is 2.00 bits per heavy atom. The standard InChI is InChI=1S/C26H43NO/c1-6-8-9-10-18-27-23(28)26(5)16-11-15-25(4)21-14-17-24(3,7-2)19-20(21)12-13-22(25)26/h7,14,20,22H,2,6,8-13,15-19H2,1,3-5H3,(H,27,28)/t20-,22-,24-,25-,26+/m0/s1. The molecule has 2 nitrogen and oxygen atoms in total. The molecule has 1 N–H and O–H groups in total. The van der Waals surface area contributed by atoms with E-state index in [1.165, 1.54) is 51.4 Å². The van der Waals surface area contributed by atoms with Gasteiger partial charge < -0.3 is 5.32 Å². The zero-order valence-electron chi connectivity index (χ0n) is 18.9. The van der Waals surface area contributed by atoms with Gasteiger partial charge in [-0.1, -0.05) is 71.1 Å². The molecule has 2 saturated carbocycles. The zero-order chi connectivity index (χ0) is 20.4. The topological polar surface area (TPSA) is 29.1 Å². The fourth-order valence-electron chi connectivity index (χ4n) is 6.84. The van der Waals surface area contributed by atoms with Gasteiger partial charge in [-0.2, -0.15) is 0 Å². The molecule has 2 heteroatoms. The zero-order valence-corrected chi connectivity index (χ0v) is 18.9. The van der Waals surface area contributed by atoms with E-state index in [9.17, 15) is 4.79 Å². The third-order valence-electron chi connectivity index (χ3n) is 8.66. The van der Waals surface area contributed by atoms with Crippen molar-refractivity contribution in [2.45, 2.75) is 98.3 Å². The van der Waals surface area contributed by atoms with Crippen molar-refractivity contribution in [1.82, 2.24) is 5.32 Å². The fraction of sp³-hybridized carbons (Fsp3) is 0.808. The van der Waals surface area contributed by atoms with Crippen molar-refractivity contribution in [3.63, 3.8) is 0 Å². The van der Waals surface area contributed by atoms with Crippen molar-refractivity contribution < 1.29 is 4.79 Å². The molecule has 0 bridgehead atoms. The van der Waals surface area contributed by atoms with Gasteiger partial charge in [0, 0.05) is 12.0 Å². The Balaban J connectivity index is 1.75. The molecule has 2 fully saturated rings. The maximum absolute atomic E-state index is 13.3. The van der Waals surface area contributed by atoms with Crippen LogP contribution in [-0.4, -0.2) is 12.5 Å². The van der Waals surface area contributed by atoms with Gasteiger partial charge in [0.25, 0.3) is 0 Å². The third-order valence-corrected chi connectivity index (χ3v) is 8.66. The molecule has 0 radical (unpaired) electrons. The molecule has 0 aliphatic heterocycles. The molecule has 3 rings (SSSR count). The summed E-state index contributed by atoms with van der Waals surface area (Å²) in [6.45, 7) is 14.3. The van der Waals surface area contributed by atoms with Gasteiger partial charge in [-0.3, -0.25) is 4.79 Å². The van der Waals surface area contributed by atoms with Crippen LogP contribution in [0.15, 0.2) is 24.3 Å². The number of nitrogens with one attached hydrogen (secondary N) is 1. The minimum atomic E-state index is -0.206. The molecular formula is C26H43NO. The van der Waals surface area contributed by atoms with E-state index < -0.39 is 0 Å². The van der Waals surface area contributed by atoms with E-state index in [2.05, 4.69) is 51.7 Å². The normalized spacial score (nSPS) is 40.1. The van der Waals surface area contributed by atoms with Crippen LogP contribution >= 0.6 is 0 Å². The van der Waals surface area contributed by atoms with Crippen molar-refractivity contribution in [3.8, 4) is 0 Å². The first kappa shape index (κ1) is 21.7. The largest absolute Gasteiger partial charge is 0.356 e. The number of rotatable bonds is 7. The second kappa shape index (κ2) is 8.36. The van der Waals surface area contributed by atoms with E-state index in [-0.39, 0.29) is 16.2 Å². The maximum Gasteiger partial charge on any atom is 0.226 e. The number of hydrogen-bond acceptors (Lipinski definition) is 1. The summed E-state index contributed by atoms with van der Waals surface area (Å²) in [5, 5.41) is 3.32. The summed E-state index contributed by atoms with van der Waals surface area (Å²) in [6, 6.07) is 0. The molecule has 0 aromatic carbocycles. The van der Waals surface area contributed by atoms with Crippen molar-refractivity contribution in [3.05, 3.63) is 24.3 Å². The van der Waals surface area contributed by atoms with E-state index in [0.29, 0.717) is 17.7 Å². The summed E-state index contributed by atoms with van der Waals surface area (Å²) < 4.78 is 0. The first-order valence-corrected chi connectivity index (χ1v) is 11.9. The lowest BCUT2D eigenvalue weighted by atomic mass is 9.46. The molecule has 158 valence electrons. The fourth-order valence-corrected chi connectivity index (χ4v) is 6.84. The van der Waals surface area contributed by atoms with Gasteiger partial charge in [0.1, 0.15) is 0 Å². The minimum absolute atomic E-state index is 0.206. The Labute approximate surface area is 173 Å². The van der Waals surface area contributed by atoms with E-state index in [1.54, 1.807) is 5.57 Å². The van der Waals surface area contributed by atoms with Crippen LogP contribution in [0.5, 0.6) is 0 Å². The van der Waals surface area contributed by atoms with Crippen molar-refractivity contribution in [1.29, 1.82) is 0 Å².